The van der Waals surface area contributed by atoms with E-state index in [2.05, 4.69) is 15.2 Å². The number of nitrogens with zero attached hydrogens (tertiary/aromatic N) is 4. The number of hydrogen-bond donors (Lipinski definition) is 2. The lowest BCUT2D eigenvalue weighted by Crippen LogP contribution is -2.46. The van der Waals surface area contributed by atoms with E-state index in [4.69, 9.17) is 14.9 Å². The Hall–Kier alpha value is -3.79. The number of amides is 1. The van der Waals surface area contributed by atoms with Gasteiger partial charge >= 0.3 is 12.4 Å². The van der Waals surface area contributed by atoms with Crippen LogP contribution in [-0.2, 0) is 23.1 Å². The third-order valence-corrected chi connectivity index (χ3v) is 7.26. The van der Waals surface area contributed by atoms with Crippen LogP contribution < -0.4 is 5.73 Å². The number of fused-ring (bicyclic) bond motifs is 5. The Morgan fingerprint density at radius 3 is 2.43 bits per heavy atom. The number of alkyl halides is 6. The fourth-order valence-electron chi connectivity index (χ4n) is 4.77. The molecule has 16 heteroatoms. The fourth-order valence-corrected chi connectivity index (χ4v) is 4.77. The Kier molecular flexibility index (Phi) is 7.64. The smallest absolute Gasteiger partial charge is 0.416 e. The van der Waals surface area contributed by atoms with Gasteiger partial charge in [0.05, 0.1) is 17.9 Å². The summed E-state index contributed by atoms with van der Waals surface area (Å²) in [4.78, 5) is 18.4. The van der Waals surface area contributed by atoms with Gasteiger partial charge in [-0.05, 0) is 54.5 Å². The highest BCUT2D eigenvalue weighted by atomic mass is 19.4. The number of aromatic nitrogens is 3. The Balaban J connectivity index is 1.61. The molecule has 1 unspecified atom stereocenters. The van der Waals surface area contributed by atoms with E-state index < -0.39 is 77.3 Å². The number of halogens is 7. The minimum absolute atomic E-state index is 0.118. The van der Waals surface area contributed by atoms with Crippen LogP contribution in [-0.4, -0.2) is 57.0 Å². The van der Waals surface area contributed by atoms with E-state index in [1.165, 1.54) is 6.07 Å². The van der Waals surface area contributed by atoms with Crippen LogP contribution in [0.15, 0.2) is 28.7 Å². The highest BCUT2D eigenvalue weighted by Crippen LogP contribution is 2.41. The van der Waals surface area contributed by atoms with Crippen molar-refractivity contribution in [2.24, 2.45) is 0 Å². The SMILES string of the molecule is Nc1cc(C(F)(F)F)c2nc1-c1nnc(o1)C(O)(C(F)(F)F)COCCCN(Cc1cc(F)cc(C3CCC3)c1)C2=O. The van der Waals surface area contributed by atoms with Crippen molar-refractivity contribution >= 4 is 11.6 Å². The summed E-state index contributed by atoms with van der Waals surface area (Å²) < 4.78 is 108. The molecule has 2 aromatic heterocycles. The molecule has 1 atom stereocenters. The fraction of sp³-hybridized carbons (Fsp3) is 0.462. The second-order valence-electron chi connectivity index (χ2n) is 10.2. The van der Waals surface area contributed by atoms with Gasteiger partial charge in [-0.2, -0.15) is 26.3 Å². The predicted molar refractivity (Wildman–Crippen MR) is 130 cm³/mol. The molecule has 4 bridgehead atoms. The first-order valence-corrected chi connectivity index (χ1v) is 12.8. The summed E-state index contributed by atoms with van der Waals surface area (Å²) in [6.07, 6.45) is -7.97. The molecule has 0 spiro atoms. The molecule has 3 N–H and O–H groups in total. The van der Waals surface area contributed by atoms with E-state index in [-0.39, 0.29) is 25.4 Å². The summed E-state index contributed by atoms with van der Waals surface area (Å²) in [6.45, 7) is -2.46. The van der Waals surface area contributed by atoms with Gasteiger partial charge in [0.15, 0.2) is 5.69 Å². The number of ether oxygens (including phenoxy) is 1. The van der Waals surface area contributed by atoms with Gasteiger partial charge in [-0.15, -0.1) is 10.2 Å². The van der Waals surface area contributed by atoms with Crippen molar-refractivity contribution in [3.05, 3.63) is 58.4 Å². The first kappa shape index (κ1) is 29.7. The first-order chi connectivity index (χ1) is 19.7. The predicted octanol–water partition coefficient (Wildman–Crippen LogP) is 4.95. The number of rotatable bonds is 3. The van der Waals surface area contributed by atoms with Crippen LogP contribution in [0.5, 0.6) is 0 Å². The van der Waals surface area contributed by atoms with E-state index in [1.807, 2.05) is 0 Å². The number of nitrogen functional groups attached to an aromatic ring is 1. The van der Waals surface area contributed by atoms with Crippen LogP contribution in [0.3, 0.4) is 0 Å². The van der Waals surface area contributed by atoms with Gasteiger partial charge in [0.1, 0.15) is 11.5 Å². The van der Waals surface area contributed by atoms with Crippen LogP contribution in [0.1, 0.15) is 64.7 Å². The molecule has 1 aliphatic carbocycles. The number of pyridine rings is 1. The summed E-state index contributed by atoms with van der Waals surface area (Å²) in [5.41, 5.74) is -1.11. The van der Waals surface area contributed by atoms with Crippen molar-refractivity contribution < 1.29 is 49.8 Å². The summed E-state index contributed by atoms with van der Waals surface area (Å²) in [6, 6.07) is 4.56. The standard InChI is InChI=1S/C26H24F7N5O4/c27-16-8-13(7-15(9-16)14-3-1-4-14)11-38-5-2-6-41-12-24(40,26(31,32)33)23-37-36-21(42-23)20-18(34)10-17(25(28,29)30)19(35-20)22(38)39/h7-10,14,40H,1-6,11-12,34H2. The van der Waals surface area contributed by atoms with Gasteiger partial charge in [-0.3, -0.25) is 4.79 Å². The molecule has 1 fully saturated rings. The van der Waals surface area contributed by atoms with E-state index in [9.17, 15) is 40.6 Å². The monoisotopic (exact) mass is 603 g/mol. The summed E-state index contributed by atoms with van der Waals surface area (Å²) in [5.74, 6) is -3.90. The molecule has 0 saturated heterocycles. The maximum atomic E-state index is 14.5. The van der Waals surface area contributed by atoms with Crippen molar-refractivity contribution in [2.75, 3.05) is 25.5 Å². The van der Waals surface area contributed by atoms with Crippen molar-refractivity contribution in [2.45, 2.75) is 56.1 Å². The Bertz CT molecular complexity index is 1490. The molecule has 3 aromatic rings. The lowest BCUT2D eigenvalue weighted by molar-refractivity contribution is -0.289. The van der Waals surface area contributed by atoms with Crippen molar-refractivity contribution in [1.82, 2.24) is 20.1 Å². The van der Waals surface area contributed by atoms with E-state index in [1.54, 1.807) is 6.07 Å². The van der Waals surface area contributed by atoms with Crippen molar-refractivity contribution in [3.8, 4) is 11.6 Å². The largest absolute Gasteiger partial charge is 0.428 e. The van der Waals surface area contributed by atoms with E-state index >= 15 is 0 Å². The number of anilines is 1. The minimum atomic E-state index is -5.35. The van der Waals surface area contributed by atoms with Gasteiger partial charge in [0, 0.05) is 19.7 Å². The molecule has 2 aliphatic rings. The quantitative estimate of drug-likeness (QED) is 0.403. The number of hydrogen-bond acceptors (Lipinski definition) is 8. The number of carbonyl (C=O) groups excluding carboxylic acids is 1. The number of benzene rings is 1. The molecule has 1 amide bonds. The van der Waals surface area contributed by atoms with Crippen LogP contribution in [0, 0.1) is 5.82 Å². The molecule has 1 aromatic carbocycles. The van der Waals surface area contributed by atoms with Crippen LogP contribution >= 0.6 is 0 Å². The third kappa shape index (κ3) is 5.64. The highest BCUT2D eigenvalue weighted by molar-refractivity contribution is 5.95. The Morgan fingerprint density at radius 1 is 1.05 bits per heavy atom. The zero-order chi connectivity index (χ0) is 30.4. The second kappa shape index (κ2) is 10.8. The zero-order valence-electron chi connectivity index (χ0n) is 21.7. The summed E-state index contributed by atoms with van der Waals surface area (Å²) >= 11 is 0. The molecule has 3 heterocycles. The van der Waals surface area contributed by atoms with Gasteiger partial charge in [0.2, 0.25) is 0 Å². The Labute approximate surface area is 233 Å². The Morgan fingerprint density at radius 2 is 1.79 bits per heavy atom. The van der Waals surface area contributed by atoms with Gasteiger partial charge in [0.25, 0.3) is 23.3 Å². The molecule has 0 radical (unpaired) electrons. The van der Waals surface area contributed by atoms with Gasteiger partial charge < -0.3 is 24.9 Å². The third-order valence-electron chi connectivity index (χ3n) is 7.26. The van der Waals surface area contributed by atoms with Gasteiger partial charge in [-0.25, -0.2) is 9.37 Å². The van der Waals surface area contributed by atoms with Crippen LogP contribution in [0.25, 0.3) is 11.6 Å². The van der Waals surface area contributed by atoms with Crippen molar-refractivity contribution in [3.63, 3.8) is 0 Å². The summed E-state index contributed by atoms with van der Waals surface area (Å²) in [5, 5.41) is 17.0. The number of carbonyl (C=O) groups is 1. The van der Waals surface area contributed by atoms with Gasteiger partial charge in [-0.1, -0.05) is 12.5 Å². The molecule has 226 valence electrons. The lowest BCUT2D eigenvalue weighted by Gasteiger charge is -2.28. The topological polar surface area (TPSA) is 128 Å². The molecule has 9 nitrogen and oxygen atoms in total. The minimum Gasteiger partial charge on any atom is -0.416 e. The molecule has 1 aliphatic heterocycles. The van der Waals surface area contributed by atoms with Crippen molar-refractivity contribution in [1.29, 1.82) is 0 Å². The molecule has 42 heavy (non-hydrogen) atoms. The van der Waals surface area contributed by atoms with Crippen LogP contribution in [0.2, 0.25) is 0 Å². The zero-order valence-corrected chi connectivity index (χ0v) is 21.7. The van der Waals surface area contributed by atoms with Crippen LogP contribution in [0.4, 0.5) is 36.4 Å². The molecular formula is C26H24F7N5O4. The van der Waals surface area contributed by atoms with E-state index in [0.29, 0.717) is 17.2 Å². The highest BCUT2D eigenvalue weighted by Gasteiger charge is 2.59. The maximum absolute atomic E-state index is 14.5. The maximum Gasteiger partial charge on any atom is 0.428 e. The molecule has 1 saturated carbocycles. The second-order valence-corrected chi connectivity index (χ2v) is 10.2. The average Bonchev–Trinajstić information content (AvgIpc) is 3.34. The number of nitrogens with two attached hydrogens (primary N) is 1. The van der Waals surface area contributed by atoms with E-state index in [0.717, 1.165) is 30.2 Å². The molecular weight excluding hydrogens is 579 g/mol. The normalized spacial score (nSPS) is 20.8. The summed E-state index contributed by atoms with van der Waals surface area (Å²) in [7, 11) is 0. The number of aliphatic hydroxyl groups is 1. The lowest BCUT2D eigenvalue weighted by atomic mass is 9.79. The first-order valence-electron chi connectivity index (χ1n) is 12.8. The molecule has 5 rings (SSSR count). The average molecular weight is 603 g/mol.